The standard InChI is InChI=1S/C16H15BrClN3/c1-10-7-11(17)14(8-12(10)18)19-9-16-20-13-5-3-4-6-15(13)21(16)2/h3-8,19H,9H2,1-2H3. The molecule has 0 spiro atoms. The topological polar surface area (TPSA) is 29.9 Å². The van der Waals surface area contributed by atoms with E-state index in [1.54, 1.807) is 0 Å². The van der Waals surface area contributed by atoms with E-state index in [0.29, 0.717) is 6.54 Å². The lowest BCUT2D eigenvalue weighted by Gasteiger charge is -2.10. The van der Waals surface area contributed by atoms with Crippen molar-refractivity contribution < 1.29 is 0 Å². The molecule has 108 valence electrons. The lowest BCUT2D eigenvalue weighted by Crippen LogP contribution is -2.06. The fourth-order valence-electron chi connectivity index (χ4n) is 2.31. The van der Waals surface area contributed by atoms with E-state index in [9.17, 15) is 0 Å². The van der Waals surface area contributed by atoms with Gasteiger partial charge in [-0.2, -0.15) is 0 Å². The predicted octanol–water partition coefficient (Wildman–Crippen LogP) is 4.91. The fourth-order valence-corrected chi connectivity index (χ4v) is 3.07. The van der Waals surface area contributed by atoms with Crippen molar-refractivity contribution in [3.05, 3.63) is 57.3 Å². The number of aryl methyl sites for hydroxylation is 2. The minimum Gasteiger partial charge on any atom is -0.377 e. The Bertz CT molecular complexity index is 811. The van der Waals surface area contributed by atoms with E-state index in [1.807, 2.05) is 44.3 Å². The van der Waals surface area contributed by atoms with Gasteiger partial charge in [0.15, 0.2) is 0 Å². The summed E-state index contributed by atoms with van der Waals surface area (Å²) in [6.07, 6.45) is 0. The van der Waals surface area contributed by atoms with Crippen LogP contribution >= 0.6 is 27.5 Å². The largest absolute Gasteiger partial charge is 0.377 e. The number of hydrogen-bond donors (Lipinski definition) is 1. The van der Waals surface area contributed by atoms with Gasteiger partial charge in [-0.15, -0.1) is 0 Å². The van der Waals surface area contributed by atoms with Crippen LogP contribution in [0.5, 0.6) is 0 Å². The Morgan fingerprint density at radius 1 is 1.29 bits per heavy atom. The summed E-state index contributed by atoms with van der Waals surface area (Å²) < 4.78 is 3.11. The summed E-state index contributed by atoms with van der Waals surface area (Å²) in [7, 11) is 2.03. The number of aromatic nitrogens is 2. The summed E-state index contributed by atoms with van der Waals surface area (Å²) in [6, 6.07) is 12.1. The zero-order valence-electron chi connectivity index (χ0n) is 11.8. The summed E-state index contributed by atoms with van der Waals surface area (Å²) in [5.41, 5.74) is 4.17. The van der Waals surface area contributed by atoms with Gasteiger partial charge in [0.2, 0.25) is 0 Å². The average Bonchev–Trinajstić information content (AvgIpc) is 2.79. The number of halogens is 2. The van der Waals surface area contributed by atoms with E-state index < -0.39 is 0 Å². The first-order valence-electron chi connectivity index (χ1n) is 6.66. The van der Waals surface area contributed by atoms with E-state index in [1.165, 1.54) is 0 Å². The molecule has 3 nitrogen and oxygen atoms in total. The van der Waals surface area contributed by atoms with Crippen LogP contribution in [0.15, 0.2) is 40.9 Å². The second-order valence-electron chi connectivity index (χ2n) is 5.01. The van der Waals surface area contributed by atoms with Gasteiger partial charge < -0.3 is 9.88 Å². The molecule has 0 saturated heterocycles. The molecule has 1 aromatic heterocycles. The van der Waals surface area contributed by atoms with E-state index in [4.69, 9.17) is 11.6 Å². The molecule has 3 aromatic rings. The Labute approximate surface area is 137 Å². The molecule has 0 bridgehead atoms. The van der Waals surface area contributed by atoms with Crippen molar-refractivity contribution in [2.45, 2.75) is 13.5 Å². The highest BCUT2D eigenvalue weighted by molar-refractivity contribution is 9.10. The Morgan fingerprint density at radius 2 is 2.05 bits per heavy atom. The van der Waals surface area contributed by atoms with Crippen LogP contribution < -0.4 is 5.32 Å². The third-order valence-corrected chi connectivity index (χ3v) is 4.63. The lowest BCUT2D eigenvalue weighted by molar-refractivity contribution is 0.834. The molecular formula is C16H15BrClN3. The molecule has 2 aromatic carbocycles. The summed E-state index contributed by atoms with van der Waals surface area (Å²) >= 11 is 9.74. The van der Waals surface area contributed by atoms with Crippen LogP contribution in [0.25, 0.3) is 11.0 Å². The monoisotopic (exact) mass is 363 g/mol. The number of para-hydroxylation sites is 2. The first kappa shape index (κ1) is 14.4. The third kappa shape index (κ3) is 2.78. The Balaban J connectivity index is 1.87. The Kier molecular flexibility index (Phi) is 3.91. The van der Waals surface area contributed by atoms with Crippen molar-refractivity contribution in [1.29, 1.82) is 0 Å². The molecule has 0 unspecified atom stereocenters. The summed E-state index contributed by atoms with van der Waals surface area (Å²) in [5.74, 6) is 0.986. The van der Waals surface area contributed by atoms with Crippen molar-refractivity contribution in [1.82, 2.24) is 9.55 Å². The molecule has 3 rings (SSSR count). The molecular weight excluding hydrogens is 350 g/mol. The Hall–Kier alpha value is -1.52. The maximum atomic E-state index is 6.18. The molecule has 21 heavy (non-hydrogen) atoms. The lowest BCUT2D eigenvalue weighted by atomic mass is 10.2. The number of fused-ring (bicyclic) bond motifs is 1. The van der Waals surface area contributed by atoms with Crippen LogP contribution in [0, 0.1) is 6.92 Å². The van der Waals surface area contributed by atoms with Crippen LogP contribution in [0.1, 0.15) is 11.4 Å². The van der Waals surface area contributed by atoms with Crippen LogP contribution in [-0.2, 0) is 13.6 Å². The van der Waals surface area contributed by atoms with Gasteiger partial charge in [-0.25, -0.2) is 4.98 Å². The van der Waals surface area contributed by atoms with Crippen molar-refractivity contribution >= 4 is 44.3 Å². The van der Waals surface area contributed by atoms with Gasteiger partial charge in [-0.05, 0) is 52.7 Å². The maximum Gasteiger partial charge on any atom is 0.128 e. The Morgan fingerprint density at radius 3 is 2.81 bits per heavy atom. The molecule has 0 radical (unpaired) electrons. The number of nitrogens with zero attached hydrogens (tertiary/aromatic N) is 2. The second kappa shape index (κ2) is 5.70. The van der Waals surface area contributed by atoms with Crippen LogP contribution in [0.4, 0.5) is 5.69 Å². The van der Waals surface area contributed by atoms with Crippen LogP contribution in [0.3, 0.4) is 0 Å². The van der Waals surface area contributed by atoms with E-state index >= 15 is 0 Å². The highest BCUT2D eigenvalue weighted by Crippen LogP contribution is 2.29. The minimum atomic E-state index is 0.642. The van der Waals surface area contributed by atoms with Crippen LogP contribution in [0.2, 0.25) is 5.02 Å². The number of rotatable bonds is 3. The van der Waals surface area contributed by atoms with Crippen molar-refractivity contribution in [2.75, 3.05) is 5.32 Å². The number of imidazole rings is 1. The van der Waals surface area contributed by atoms with Crippen molar-refractivity contribution in [3.63, 3.8) is 0 Å². The molecule has 0 aliphatic heterocycles. The molecule has 0 amide bonds. The van der Waals surface area contributed by atoms with Crippen LogP contribution in [-0.4, -0.2) is 9.55 Å². The van der Waals surface area contributed by atoms with Gasteiger partial charge >= 0.3 is 0 Å². The molecule has 0 aliphatic carbocycles. The van der Waals surface area contributed by atoms with Gasteiger partial charge in [-0.3, -0.25) is 0 Å². The smallest absolute Gasteiger partial charge is 0.128 e. The molecule has 1 N–H and O–H groups in total. The summed E-state index contributed by atoms with van der Waals surface area (Å²) in [6.45, 7) is 2.63. The van der Waals surface area contributed by atoms with Crippen molar-refractivity contribution in [3.8, 4) is 0 Å². The molecule has 0 atom stereocenters. The van der Waals surface area contributed by atoms with E-state index in [2.05, 4.69) is 36.9 Å². The first-order chi connectivity index (χ1) is 10.1. The number of benzene rings is 2. The minimum absolute atomic E-state index is 0.642. The average molecular weight is 365 g/mol. The summed E-state index contributed by atoms with van der Waals surface area (Å²) in [4.78, 5) is 4.65. The van der Waals surface area contributed by atoms with Gasteiger partial charge in [0.1, 0.15) is 5.82 Å². The zero-order chi connectivity index (χ0) is 15.0. The molecule has 5 heteroatoms. The number of nitrogens with one attached hydrogen (secondary N) is 1. The molecule has 1 heterocycles. The van der Waals surface area contributed by atoms with Crippen molar-refractivity contribution in [2.24, 2.45) is 7.05 Å². The highest BCUT2D eigenvalue weighted by Gasteiger charge is 2.08. The third-order valence-electron chi connectivity index (χ3n) is 3.57. The zero-order valence-corrected chi connectivity index (χ0v) is 14.2. The van der Waals surface area contributed by atoms with E-state index in [0.717, 1.165) is 37.6 Å². The number of anilines is 1. The molecule has 0 saturated carbocycles. The van der Waals surface area contributed by atoms with Gasteiger partial charge in [-0.1, -0.05) is 23.7 Å². The van der Waals surface area contributed by atoms with Gasteiger partial charge in [0.05, 0.1) is 23.3 Å². The van der Waals surface area contributed by atoms with Gasteiger partial charge in [0.25, 0.3) is 0 Å². The first-order valence-corrected chi connectivity index (χ1v) is 7.83. The molecule has 0 aliphatic rings. The summed E-state index contributed by atoms with van der Waals surface area (Å²) in [5, 5.41) is 4.14. The van der Waals surface area contributed by atoms with Gasteiger partial charge in [0, 0.05) is 16.5 Å². The quantitative estimate of drug-likeness (QED) is 0.715. The maximum absolute atomic E-state index is 6.18. The highest BCUT2D eigenvalue weighted by atomic mass is 79.9. The SMILES string of the molecule is Cc1cc(Br)c(NCc2nc3ccccc3n2C)cc1Cl. The second-order valence-corrected chi connectivity index (χ2v) is 6.27. The van der Waals surface area contributed by atoms with E-state index in [-0.39, 0.29) is 0 Å². The normalized spacial score (nSPS) is 11.0. The number of hydrogen-bond acceptors (Lipinski definition) is 2. The fraction of sp³-hybridized carbons (Fsp3) is 0.188. The molecule has 0 fully saturated rings. The predicted molar refractivity (Wildman–Crippen MR) is 91.9 cm³/mol.